The van der Waals surface area contributed by atoms with Gasteiger partial charge in [0.1, 0.15) is 19.0 Å². The number of carbonyl (C=O) groups excluding carboxylic acids is 1. The first-order chi connectivity index (χ1) is 24.0. The van der Waals surface area contributed by atoms with Crippen molar-refractivity contribution in [2.75, 3.05) is 84.6 Å². The smallest absolute Gasteiger partial charge is 0.416 e. The number of hydrogen-bond donors (Lipinski definition) is 1. The molecule has 4 aromatic rings. The Morgan fingerprint density at radius 3 is 2.44 bits per heavy atom. The highest BCUT2D eigenvalue weighted by atomic mass is 32.2. The minimum Gasteiger partial charge on any atom is -0.493 e. The van der Waals surface area contributed by atoms with E-state index in [4.69, 9.17) is 9.47 Å². The fourth-order valence-corrected chi connectivity index (χ4v) is 7.52. The molecule has 50 heavy (non-hydrogen) atoms. The van der Waals surface area contributed by atoms with Gasteiger partial charge in [0.15, 0.2) is 0 Å². The molecule has 0 aliphatic carbocycles. The lowest BCUT2D eigenvalue weighted by molar-refractivity contribution is -0.149. The number of rotatable bonds is 14. The van der Waals surface area contributed by atoms with Crippen molar-refractivity contribution in [2.45, 2.75) is 35.7 Å². The summed E-state index contributed by atoms with van der Waals surface area (Å²) in [5.74, 6) is 0.0833. The first-order valence-corrected chi connectivity index (χ1v) is 18.1. The first kappa shape index (κ1) is 36.1. The molecule has 3 heterocycles. The number of aromatic nitrogens is 1. The van der Waals surface area contributed by atoms with Crippen molar-refractivity contribution in [1.82, 2.24) is 19.7 Å². The molecule has 1 N–H and O–H groups in total. The van der Waals surface area contributed by atoms with Crippen molar-refractivity contribution in [3.63, 3.8) is 0 Å². The summed E-state index contributed by atoms with van der Waals surface area (Å²) in [6.45, 7) is 9.05. The van der Waals surface area contributed by atoms with Crippen LogP contribution in [0.2, 0.25) is 0 Å². The van der Waals surface area contributed by atoms with Crippen LogP contribution < -0.4 is 9.64 Å². The molecule has 6 rings (SSSR count). The summed E-state index contributed by atoms with van der Waals surface area (Å²) in [6.07, 6.45) is -0.576. The summed E-state index contributed by atoms with van der Waals surface area (Å²) in [6, 6.07) is 17.9. The summed E-state index contributed by atoms with van der Waals surface area (Å²) in [5, 5.41) is 1.14. The molecule has 1 unspecified atom stereocenters. The standard InChI is InChI=1S/C38H46F3N5O3S/c1-27(26-49-30-10-11-32-31(24-30)28(25-42-32)13-16-43(2)3)37(47)48-22-21-45-19-17-44(18-20-45)14-6-15-46-33-7-4-5-8-35(33)50-36-12-9-29(23-34(36)46)38(39,40)41/h4-5,7-12,23-25,27,42H,6,13-22,26H2,1-3H3. The second kappa shape index (κ2) is 16.1. The predicted molar refractivity (Wildman–Crippen MR) is 193 cm³/mol. The Bertz CT molecular complexity index is 1760. The number of nitrogens with one attached hydrogen (secondary N) is 1. The van der Waals surface area contributed by atoms with Crippen LogP contribution >= 0.6 is 11.8 Å². The Balaban J connectivity index is 0.909. The Morgan fingerprint density at radius 2 is 1.68 bits per heavy atom. The van der Waals surface area contributed by atoms with Gasteiger partial charge in [0.25, 0.3) is 0 Å². The summed E-state index contributed by atoms with van der Waals surface area (Å²) >= 11 is 1.52. The third-order valence-electron chi connectivity index (χ3n) is 9.40. The van der Waals surface area contributed by atoms with Gasteiger partial charge in [-0.2, -0.15) is 13.2 Å². The molecule has 1 aromatic heterocycles. The number of fused-ring (bicyclic) bond motifs is 3. The number of carbonyl (C=O) groups is 1. The van der Waals surface area contributed by atoms with E-state index < -0.39 is 11.7 Å². The maximum atomic E-state index is 13.6. The van der Waals surface area contributed by atoms with Gasteiger partial charge in [0.2, 0.25) is 0 Å². The number of piperazine rings is 1. The molecule has 2 aliphatic rings. The lowest BCUT2D eigenvalue weighted by atomic mass is 10.1. The molecule has 0 spiro atoms. The van der Waals surface area contributed by atoms with Crippen LogP contribution in [0.5, 0.6) is 5.75 Å². The number of para-hydroxylation sites is 1. The molecule has 12 heteroatoms. The summed E-state index contributed by atoms with van der Waals surface area (Å²) in [5.41, 5.74) is 3.26. The van der Waals surface area contributed by atoms with E-state index in [1.54, 1.807) is 6.07 Å². The zero-order valence-electron chi connectivity index (χ0n) is 29.0. The summed E-state index contributed by atoms with van der Waals surface area (Å²) in [4.78, 5) is 26.8. The molecule has 0 radical (unpaired) electrons. The van der Waals surface area contributed by atoms with Gasteiger partial charge in [-0.1, -0.05) is 23.9 Å². The Morgan fingerprint density at radius 1 is 0.940 bits per heavy atom. The maximum Gasteiger partial charge on any atom is 0.416 e. The fourth-order valence-electron chi connectivity index (χ4n) is 6.44. The number of likely N-dealkylation sites (N-methyl/N-ethyl adjacent to an activating group) is 1. The maximum absolute atomic E-state index is 13.6. The number of esters is 1. The van der Waals surface area contributed by atoms with Crippen LogP contribution in [0.15, 0.2) is 76.7 Å². The topological polar surface area (TPSA) is 64.3 Å². The number of ether oxygens (including phenoxy) is 2. The van der Waals surface area contributed by atoms with Gasteiger partial charge >= 0.3 is 12.1 Å². The van der Waals surface area contributed by atoms with E-state index in [1.165, 1.54) is 29.5 Å². The highest BCUT2D eigenvalue weighted by Gasteiger charge is 2.33. The van der Waals surface area contributed by atoms with Crippen LogP contribution in [-0.4, -0.2) is 105 Å². The molecular formula is C38H46F3N5O3S. The number of nitrogens with zero attached hydrogens (tertiary/aromatic N) is 4. The number of alkyl halides is 3. The Kier molecular flexibility index (Phi) is 11.6. The zero-order chi connectivity index (χ0) is 35.3. The van der Waals surface area contributed by atoms with Gasteiger partial charge in [-0.15, -0.1) is 0 Å². The Hall–Kier alpha value is -3.71. The van der Waals surface area contributed by atoms with E-state index in [-0.39, 0.29) is 18.5 Å². The molecule has 0 amide bonds. The minimum atomic E-state index is -4.39. The number of anilines is 2. The molecule has 268 valence electrons. The van der Waals surface area contributed by atoms with Gasteiger partial charge in [-0.25, -0.2) is 0 Å². The van der Waals surface area contributed by atoms with Gasteiger partial charge in [-0.05, 0) is 94.5 Å². The van der Waals surface area contributed by atoms with Crippen LogP contribution in [0.4, 0.5) is 24.5 Å². The van der Waals surface area contributed by atoms with E-state index in [9.17, 15) is 18.0 Å². The largest absolute Gasteiger partial charge is 0.493 e. The normalized spacial score (nSPS) is 16.0. The SMILES string of the molecule is CC(COc1ccc2[nH]cc(CCN(C)C)c2c1)C(=O)OCCN1CCN(CCCN2c3ccccc3Sc3ccc(C(F)(F)F)cc32)CC1. The van der Waals surface area contributed by atoms with Crippen molar-refractivity contribution in [1.29, 1.82) is 0 Å². The van der Waals surface area contributed by atoms with Crippen molar-refractivity contribution < 1.29 is 27.4 Å². The van der Waals surface area contributed by atoms with Crippen LogP contribution in [0.25, 0.3) is 10.9 Å². The molecule has 3 aromatic carbocycles. The molecule has 1 atom stereocenters. The van der Waals surface area contributed by atoms with Crippen LogP contribution in [0.1, 0.15) is 24.5 Å². The van der Waals surface area contributed by atoms with Crippen LogP contribution in [-0.2, 0) is 22.1 Å². The van der Waals surface area contributed by atoms with Gasteiger partial charge in [-0.3, -0.25) is 9.69 Å². The minimum absolute atomic E-state index is 0.247. The molecular weight excluding hydrogens is 664 g/mol. The van der Waals surface area contributed by atoms with Crippen molar-refractivity contribution in [3.8, 4) is 5.75 Å². The van der Waals surface area contributed by atoms with E-state index in [1.807, 2.05) is 60.5 Å². The van der Waals surface area contributed by atoms with Crippen LogP contribution in [0.3, 0.4) is 0 Å². The number of benzene rings is 3. The lowest BCUT2D eigenvalue weighted by Gasteiger charge is -2.36. The number of halogens is 3. The quantitative estimate of drug-likeness (QED) is 0.139. The molecule has 1 fully saturated rings. The lowest BCUT2D eigenvalue weighted by Crippen LogP contribution is -2.47. The first-order valence-electron chi connectivity index (χ1n) is 17.3. The summed E-state index contributed by atoms with van der Waals surface area (Å²) < 4.78 is 52.3. The van der Waals surface area contributed by atoms with Crippen molar-refractivity contribution >= 4 is 40.0 Å². The van der Waals surface area contributed by atoms with E-state index in [2.05, 4.69) is 33.8 Å². The molecule has 0 bridgehead atoms. The average molecular weight is 710 g/mol. The number of aromatic amines is 1. The van der Waals surface area contributed by atoms with Gasteiger partial charge in [0.05, 0.1) is 22.9 Å². The van der Waals surface area contributed by atoms with E-state index in [0.717, 1.165) is 84.2 Å². The van der Waals surface area contributed by atoms with E-state index >= 15 is 0 Å². The Labute approximate surface area is 296 Å². The van der Waals surface area contributed by atoms with E-state index in [0.29, 0.717) is 25.4 Å². The van der Waals surface area contributed by atoms with Crippen molar-refractivity contribution in [2.24, 2.45) is 5.92 Å². The third-order valence-corrected chi connectivity index (χ3v) is 10.5. The third kappa shape index (κ3) is 8.95. The van der Waals surface area contributed by atoms with Crippen LogP contribution in [0, 0.1) is 5.92 Å². The van der Waals surface area contributed by atoms with Gasteiger partial charge < -0.3 is 29.2 Å². The highest BCUT2D eigenvalue weighted by molar-refractivity contribution is 7.99. The summed E-state index contributed by atoms with van der Waals surface area (Å²) in [7, 11) is 4.13. The second-order valence-electron chi connectivity index (χ2n) is 13.4. The molecule has 2 aliphatic heterocycles. The van der Waals surface area contributed by atoms with Gasteiger partial charge in [0, 0.05) is 72.7 Å². The molecule has 1 saturated heterocycles. The zero-order valence-corrected chi connectivity index (χ0v) is 29.8. The molecule has 0 saturated carbocycles. The molecule has 8 nitrogen and oxygen atoms in total. The number of hydrogen-bond acceptors (Lipinski definition) is 8. The predicted octanol–water partition coefficient (Wildman–Crippen LogP) is 7.16. The highest BCUT2D eigenvalue weighted by Crippen LogP contribution is 2.49. The van der Waals surface area contributed by atoms with Crippen molar-refractivity contribution in [3.05, 3.63) is 78.0 Å². The second-order valence-corrected chi connectivity index (χ2v) is 14.5. The monoisotopic (exact) mass is 709 g/mol. The number of H-pyrrole nitrogens is 1. The average Bonchev–Trinajstić information content (AvgIpc) is 3.51. The fraction of sp³-hybridized carbons (Fsp3) is 0.447.